The van der Waals surface area contributed by atoms with Crippen LogP contribution in [0.3, 0.4) is 0 Å². The van der Waals surface area contributed by atoms with Crippen LogP contribution in [0.4, 0.5) is 0 Å². The summed E-state index contributed by atoms with van der Waals surface area (Å²) in [5, 5.41) is 7.29. The van der Waals surface area contributed by atoms with Gasteiger partial charge in [0.25, 0.3) is 0 Å². The number of allylic oxidation sites excluding steroid dienone is 4. The molecular formula is C46H32N4OS. The highest BCUT2D eigenvalue weighted by Crippen LogP contribution is 2.43. The van der Waals surface area contributed by atoms with E-state index in [4.69, 9.17) is 19.4 Å². The standard InChI is InChI=1S/C46H32N4OS/c1-29(50-36-22-11-8-18-31(36)32-27-28-40-43(44(32)50)34-20-10-13-25-39(34)52-40)15-4-2-7-26-41-47-45(30-16-5-3-6-17-30)49-46(48-41)35-21-14-24-38-42(35)33-19-9-12-23-37(33)51-38/h2-25,27-29H,26H2,1H3/b7-2-,15-4-. The van der Waals surface area contributed by atoms with Crippen molar-refractivity contribution >= 4 is 75.3 Å². The molecule has 6 aromatic carbocycles. The van der Waals surface area contributed by atoms with Gasteiger partial charge in [-0.25, -0.2) is 15.0 Å². The quantitative estimate of drug-likeness (QED) is 0.156. The Bertz CT molecular complexity index is 3020. The third-order valence-electron chi connectivity index (χ3n) is 9.91. The predicted octanol–water partition coefficient (Wildman–Crippen LogP) is 12.5. The molecule has 1 atom stereocenters. The van der Waals surface area contributed by atoms with E-state index in [1.54, 1.807) is 0 Å². The van der Waals surface area contributed by atoms with Gasteiger partial charge in [0.2, 0.25) is 0 Å². The maximum Gasteiger partial charge on any atom is 0.164 e. The van der Waals surface area contributed by atoms with E-state index in [1.165, 1.54) is 42.0 Å². The summed E-state index contributed by atoms with van der Waals surface area (Å²) in [4.78, 5) is 14.9. The number of rotatable bonds is 7. The lowest BCUT2D eigenvalue weighted by atomic mass is 10.1. The second-order valence-corrected chi connectivity index (χ2v) is 14.2. The van der Waals surface area contributed by atoms with Crippen LogP contribution in [0.2, 0.25) is 0 Å². The molecular weight excluding hydrogens is 657 g/mol. The third kappa shape index (κ3) is 5.02. The number of nitrogens with zero attached hydrogens (tertiary/aromatic N) is 4. The number of fused-ring (bicyclic) bond motifs is 10. The fraction of sp³-hybridized carbons (Fsp3) is 0.0652. The fourth-order valence-corrected chi connectivity index (χ4v) is 8.70. The van der Waals surface area contributed by atoms with Crippen molar-refractivity contribution < 1.29 is 4.42 Å². The molecule has 10 aromatic rings. The van der Waals surface area contributed by atoms with Gasteiger partial charge >= 0.3 is 0 Å². The molecule has 5 nitrogen and oxygen atoms in total. The van der Waals surface area contributed by atoms with Crippen molar-refractivity contribution in [2.24, 2.45) is 0 Å². The zero-order chi connectivity index (χ0) is 34.6. The summed E-state index contributed by atoms with van der Waals surface area (Å²) in [6.45, 7) is 2.27. The van der Waals surface area contributed by atoms with Gasteiger partial charge in [-0.05, 0) is 37.3 Å². The first-order chi connectivity index (χ1) is 25.7. The van der Waals surface area contributed by atoms with E-state index < -0.39 is 0 Å². The lowest BCUT2D eigenvalue weighted by molar-refractivity contribution is 0.669. The van der Waals surface area contributed by atoms with Crippen molar-refractivity contribution in [3.63, 3.8) is 0 Å². The average Bonchev–Trinajstić information content (AvgIpc) is 3.87. The molecule has 0 aliphatic carbocycles. The molecule has 0 bridgehead atoms. The molecule has 0 aliphatic heterocycles. The molecule has 0 fully saturated rings. The molecule has 0 radical (unpaired) electrons. The Kier molecular flexibility index (Phi) is 7.29. The summed E-state index contributed by atoms with van der Waals surface area (Å²) in [5.74, 6) is 2.00. The molecule has 4 aromatic heterocycles. The minimum Gasteiger partial charge on any atom is -0.456 e. The molecule has 248 valence electrons. The van der Waals surface area contributed by atoms with Gasteiger partial charge in [0.15, 0.2) is 11.6 Å². The van der Waals surface area contributed by atoms with Crippen molar-refractivity contribution in [3.05, 3.63) is 164 Å². The molecule has 1 unspecified atom stereocenters. The summed E-state index contributed by atoms with van der Waals surface area (Å²) in [6, 6.07) is 46.5. The van der Waals surface area contributed by atoms with E-state index >= 15 is 0 Å². The van der Waals surface area contributed by atoms with Gasteiger partial charge in [0, 0.05) is 70.8 Å². The first-order valence-electron chi connectivity index (χ1n) is 17.6. The Labute approximate surface area is 303 Å². The highest BCUT2D eigenvalue weighted by molar-refractivity contribution is 7.26. The van der Waals surface area contributed by atoms with Crippen LogP contribution in [-0.4, -0.2) is 19.5 Å². The monoisotopic (exact) mass is 688 g/mol. The molecule has 0 amide bonds. The second-order valence-electron chi connectivity index (χ2n) is 13.1. The lowest BCUT2D eigenvalue weighted by Crippen LogP contribution is -2.02. The van der Waals surface area contributed by atoms with Crippen molar-refractivity contribution in [2.45, 2.75) is 19.4 Å². The van der Waals surface area contributed by atoms with Crippen LogP contribution in [0.15, 0.2) is 162 Å². The SMILES string of the molecule is CC(/C=C\C=C/Cc1nc(-c2ccccc2)nc(-c2cccc3oc4ccccc4c23)n1)n1c2ccccc2c2ccc3sc4ccccc4c3c21. The van der Waals surface area contributed by atoms with E-state index in [0.717, 1.165) is 33.1 Å². The highest BCUT2D eigenvalue weighted by atomic mass is 32.1. The van der Waals surface area contributed by atoms with Crippen molar-refractivity contribution in [2.75, 3.05) is 0 Å². The molecule has 6 heteroatoms. The highest BCUT2D eigenvalue weighted by Gasteiger charge is 2.19. The molecule has 52 heavy (non-hydrogen) atoms. The maximum atomic E-state index is 6.19. The number of furan rings is 1. The van der Waals surface area contributed by atoms with Gasteiger partial charge in [-0.15, -0.1) is 11.3 Å². The molecule has 0 saturated carbocycles. The van der Waals surface area contributed by atoms with E-state index in [9.17, 15) is 0 Å². The minimum absolute atomic E-state index is 0.120. The van der Waals surface area contributed by atoms with Gasteiger partial charge in [-0.1, -0.05) is 127 Å². The summed E-state index contributed by atoms with van der Waals surface area (Å²) in [5.41, 5.74) is 6.09. The first kappa shape index (κ1) is 30.5. The number of para-hydroxylation sites is 2. The van der Waals surface area contributed by atoms with Crippen LogP contribution in [0.25, 0.3) is 86.7 Å². The van der Waals surface area contributed by atoms with Crippen molar-refractivity contribution in [3.8, 4) is 22.8 Å². The molecule has 0 N–H and O–H groups in total. The van der Waals surface area contributed by atoms with Crippen LogP contribution < -0.4 is 0 Å². The molecule has 10 rings (SSSR count). The summed E-state index contributed by atoms with van der Waals surface area (Å²) in [6.07, 6.45) is 9.22. The van der Waals surface area contributed by atoms with Crippen molar-refractivity contribution in [1.82, 2.24) is 19.5 Å². The van der Waals surface area contributed by atoms with Gasteiger partial charge in [0.05, 0.1) is 5.52 Å². The average molecular weight is 689 g/mol. The maximum absolute atomic E-state index is 6.19. The zero-order valence-electron chi connectivity index (χ0n) is 28.4. The Morgan fingerprint density at radius 2 is 1.37 bits per heavy atom. The summed E-state index contributed by atoms with van der Waals surface area (Å²) >= 11 is 1.87. The first-order valence-corrected chi connectivity index (χ1v) is 18.4. The van der Waals surface area contributed by atoms with Crippen LogP contribution in [-0.2, 0) is 6.42 Å². The number of thiophene rings is 1. The number of hydrogen-bond acceptors (Lipinski definition) is 5. The van der Waals surface area contributed by atoms with Gasteiger partial charge in [-0.2, -0.15) is 0 Å². The molecule has 0 saturated heterocycles. The van der Waals surface area contributed by atoms with Crippen LogP contribution >= 0.6 is 11.3 Å². The molecule has 0 aliphatic rings. The second kappa shape index (κ2) is 12.4. The van der Waals surface area contributed by atoms with Crippen LogP contribution in [0, 0.1) is 0 Å². The van der Waals surface area contributed by atoms with Crippen LogP contribution in [0.1, 0.15) is 18.8 Å². The molecule has 0 spiro atoms. The summed E-state index contributed by atoms with van der Waals surface area (Å²) in [7, 11) is 0. The lowest BCUT2D eigenvalue weighted by Gasteiger charge is -2.14. The van der Waals surface area contributed by atoms with E-state index in [0.29, 0.717) is 23.9 Å². The third-order valence-corrected chi connectivity index (χ3v) is 11.0. The minimum atomic E-state index is 0.120. The normalized spacial score (nSPS) is 12.9. The zero-order valence-corrected chi connectivity index (χ0v) is 29.2. The largest absolute Gasteiger partial charge is 0.456 e. The Balaban J connectivity index is 1.01. The molecule has 4 heterocycles. The van der Waals surface area contributed by atoms with Crippen molar-refractivity contribution in [1.29, 1.82) is 0 Å². The van der Waals surface area contributed by atoms with E-state index in [2.05, 4.69) is 109 Å². The van der Waals surface area contributed by atoms with E-state index in [1.807, 2.05) is 72.0 Å². The Hall–Kier alpha value is -6.37. The topological polar surface area (TPSA) is 56.7 Å². The Morgan fingerprint density at radius 1 is 0.615 bits per heavy atom. The number of hydrogen-bond donors (Lipinski definition) is 0. The number of benzene rings is 6. The van der Waals surface area contributed by atoms with E-state index in [-0.39, 0.29) is 6.04 Å². The smallest absolute Gasteiger partial charge is 0.164 e. The summed E-state index contributed by atoms with van der Waals surface area (Å²) < 4.78 is 11.3. The predicted molar refractivity (Wildman–Crippen MR) is 217 cm³/mol. The number of aromatic nitrogens is 4. The fourth-order valence-electron chi connectivity index (χ4n) is 7.59. The van der Waals surface area contributed by atoms with Gasteiger partial charge < -0.3 is 8.98 Å². The van der Waals surface area contributed by atoms with Gasteiger partial charge in [-0.3, -0.25) is 0 Å². The van der Waals surface area contributed by atoms with Crippen LogP contribution in [0.5, 0.6) is 0 Å². The Morgan fingerprint density at radius 3 is 2.27 bits per heavy atom. The van der Waals surface area contributed by atoms with Gasteiger partial charge in [0.1, 0.15) is 17.0 Å².